The molecule has 0 atom stereocenters. The van der Waals surface area contributed by atoms with E-state index in [4.69, 9.17) is 5.11 Å². The van der Waals surface area contributed by atoms with Crippen LogP contribution in [-0.2, 0) is 0 Å². The van der Waals surface area contributed by atoms with Crippen LogP contribution in [0.3, 0.4) is 0 Å². The minimum atomic E-state index is -0.964. The van der Waals surface area contributed by atoms with E-state index in [9.17, 15) is 9.59 Å². The summed E-state index contributed by atoms with van der Waals surface area (Å²) in [5, 5.41) is 13.3. The number of carbonyl (C=O) groups is 2. The van der Waals surface area contributed by atoms with Crippen molar-refractivity contribution in [2.75, 3.05) is 0 Å². The smallest absolute Gasteiger partial charge is 0.345 e. The third kappa shape index (κ3) is 1.79. The molecule has 0 saturated heterocycles. The Hall–Kier alpha value is -1.95. The largest absolute Gasteiger partial charge is 0.477 e. The molecule has 0 aliphatic carbocycles. The lowest BCUT2D eigenvalue weighted by Gasteiger charge is -1.93. The number of aromatic nitrogens is 2. The maximum atomic E-state index is 10.6. The second kappa shape index (κ2) is 3.66. The van der Waals surface area contributed by atoms with Crippen molar-refractivity contribution in [1.82, 2.24) is 9.78 Å². The minimum Gasteiger partial charge on any atom is -0.477 e. The summed E-state index contributed by atoms with van der Waals surface area (Å²) in [4.78, 5) is 21.3. The lowest BCUT2D eigenvalue weighted by Crippen LogP contribution is -1.92. The van der Waals surface area contributed by atoms with Crippen molar-refractivity contribution in [3.8, 4) is 5.00 Å². The third-order valence-electron chi connectivity index (χ3n) is 1.76. The van der Waals surface area contributed by atoms with Gasteiger partial charge in [-0.05, 0) is 18.2 Å². The van der Waals surface area contributed by atoms with Crippen LogP contribution in [0.5, 0.6) is 0 Å². The van der Waals surface area contributed by atoms with Gasteiger partial charge >= 0.3 is 5.97 Å². The molecule has 2 aromatic heterocycles. The van der Waals surface area contributed by atoms with Gasteiger partial charge in [-0.15, -0.1) is 11.3 Å². The third-order valence-corrected chi connectivity index (χ3v) is 2.82. The second-order valence-corrected chi connectivity index (χ2v) is 3.81. The van der Waals surface area contributed by atoms with Crippen molar-refractivity contribution in [1.29, 1.82) is 0 Å². The Morgan fingerprint density at radius 3 is 2.80 bits per heavy atom. The van der Waals surface area contributed by atoms with Gasteiger partial charge in [-0.1, -0.05) is 0 Å². The molecule has 0 spiro atoms. The van der Waals surface area contributed by atoms with Crippen molar-refractivity contribution in [3.05, 3.63) is 35.0 Å². The predicted octanol–water partition coefficient (Wildman–Crippen LogP) is 1.44. The van der Waals surface area contributed by atoms with Crippen LogP contribution in [0, 0.1) is 0 Å². The number of carboxylic acids is 1. The highest BCUT2D eigenvalue weighted by molar-refractivity contribution is 7.16. The molecule has 0 aliphatic heterocycles. The fraction of sp³-hybridized carbons (Fsp3) is 0. The van der Waals surface area contributed by atoms with Crippen LogP contribution in [0.2, 0.25) is 0 Å². The van der Waals surface area contributed by atoms with Crippen LogP contribution in [0.1, 0.15) is 20.2 Å². The van der Waals surface area contributed by atoms with Crippen LogP contribution in [0.15, 0.2) is 24.4 Å². The first-order chi connectivity index (χ1) is 7.20. The summed E-state index contributed by atoms with van der Waals surface area (Å²) in [6.07, 6.45) is 2.25. The van der Waals surface area contributed by atoms with Gasteiger partial charge in [0, 0.05) is 6.20 Å². The molecule has 6 heteroatoms. The van der Waals surface area contributed by atoms with Gasteiger partial charge in [-0.25, -0.2) is 9.48 Å². The molecule has 0 bridgehead atoms. The molecular weight excluding hydrogens is 216 g/mol. The van der Waals surface area contributed by atoms with Crippen molar-refractivity contribution in [2.24, 2.45) is 0 Å². The summed E-state index contributed by atoms with van der Waals surface area (Å²) in [5.74, 6) is -0.964. The number of hydrogen-bond acceptors (Lipinski definition) is 4. The average molecular weight is 222 g/mol. The fourth-order valence-electron chi connectivity index (χ4n) is 1.09. The number of nitrogens with zero attached hydrogens (tertiary/aromatic N) is 2. The molecule has 5 nitrogen and oxygen atoms in total. The zero-order valence-corrected chi connectivity index (χ0v) is 8.27. The number of aromatic carboxylic acids is 1. The summed E-state index contributed by atoms with van der Waals surface area (Å²) in [7, 11) is 0. The van der Waals surface area contributed by atoms with Gasteiger partial charge in [0.2, 0.25) is 0 Å². The number of thiophene rings is 1. The highest BCUT2D eigenvalue weighted by Crippen LogP contribution is 2.19. The standard InChI is InChI=1S/C9H6N2O3S/c12-5-6-3-4-11(10-6)8-2-1-7(15-8)9(13)14/h1-5H,(H,13,14). The highest BCUT2D eigenvalue weighted by atomic mass is 32.1. The quantitative estimate of drug-likeness (QED) is 0.797. The molecule has 0 saturated carbocycles. The minimum absolute atomic E-state index is 0.244. The number of hydrogen-bond donors (Lipinski definition) is 1. The molecule has 76 valence electrons. The van der Waals surface area contributed by atoms with Gasteiger partial charge in [0.15, 0.2) is 6.29 Å². The topological polar surface area (TPSA) is 72.2 Å². The van der Waals surface area contributed by atoms with Crippen LogP contribution in [0.25, 0.3) is 5.00 Å². The van der Waals surface area contributed by atoms with E-state index in [1.807, 2.05) is 0 Å². The van der Waals surface area contributed by atoms with E-state index < -0.39 is 5.97 Å². The summed E-state index contributed by atoms with van der Waals surface area (Å²) in [6.45, 7) is 0. The molecule has 2 heterocycles. The van der Waals surface area contributed by atoms with E-state index in [2.05, 4.69) is 5.10 Å². The van der Waals surface area contributed by atoms with E-state index in [-0.39, 0.29) is 4.88 Å². The maximum absolute atomic E-state index is 10.6. The highest BCUT2D eigenvalue weighted by Gasteiger charge is 2.08. The van der Waals surface area contributed by atoms with Crippen LogP contribution in [-0.4, -0.2) is 27.1 Å². The van der Waals surface area contributed by atoms with Crippen molar-refractivity contribution in [3.63, 3.8) is 0 Å². The Labute approximate surface area is 88.6 Å². The Bertz CT molecular complexity index is 515. The summed E-state index contributed by atoms with van der Waals surface area (Å²) in [6, 6.07) is 4.72. The lowest BCUT2D eigenvalue weighted by atomic mass is 10.5. The van der Waals surface area contributed by atoms with Gasteiger partial charge in [0.1, 0.15) is 15.6 Å². The van der Waals surface area contributed by atoms with Gasteiger partial charge in [0.25, 0.3) is 0 Å². The Kier molecular flexibility index (Phi) is 2.34. The van der Waals surface area contributed by atoms with E-state index >= 15 is 0 Å². The lowest BCUT2D eigenvalue weighted by molar-refractivity contribution is 0.0702. The monoisotopic (exact) mass is 222 g/mol. The maximum Gasteiger partial charge on any atom is 0.345 e. The number of rotatable bonds is 3. The fourth-order valence-corrected chi connectivity index (χ4v) is 1.87. The van der Waals surface area contributed by atoms with E-state index in [0.717, 1.165) is 11.3 Å². The zero-order valence-electron chi connectivity index (χ0n) is 7.45. The number of carbonyl (C=O) groups excluding carboxylic acids is 1. The SMILES string of the molecule is O=Cc1ccn(-c2ccc(C(=O)O)s2)n1. The van der Waals surface area contributed by atoms with Gasteiger partial charge in [0.05, 0.1) is 0 Å². The number of aldehydes is 1. The normalized spacial score (nSPS) is 10.1. The molecule has 2 aromatic rings. The van der Waals surface area contributed by atoms with Gasteiger partial charge in [-0.2, -0.15) is 5.10 Å². The molecule has 1 N–H and O–H groups in total. The summed E-state index contributed by atoms with van der Waals surface area (Å²) < 4.78 is 1.47. The second-order valence-electron chi connectivity index (χ2n) is 2.75. The molecule has 0 aliphatic rings. The molecule has 15 heavy (non-hydrogen) atoms. The average Bonchev–Trinajstić information content (AvgIpc) is 2.86. The van der Waals surface area contributed by atoms with E-state index in [1.54, 1.807) is 18.3 Å². The summed E-state index contributed by atoms with van der Waals surface area (Å²) >= 11 is 1.10. The van der Waals surface area contributed by atoms with E-state index in [1.165, 1.54) is 10.7 Å². The van der Waals surface area contributed by atoms with Crippen molar-refractivity contribution >= 4 is 23.6 Å². The van der Waals surface area contributed by atoms with Crippen molar-refractivity contribution in [2.45, 2.75) is 0 Å². The molecule has 0 aromatic carbocycles. The van der Waals surface area contributed by atoms with Gasteiger partial charge < -0.3 is 5.11 Å². The Balaban J connectivity index is 2.36. The predicted molar refractivity (Wildman–Crippen MR) is 53.8 cm³/mol. The first-order valence-electron chi connectivity index (χ1n) is 4.05. The molecule has 0 amide bonds. The molecule has 0 radical (unpaired) electrons. The molecule has 2 rings (SSSR count). The van der Waals surface area contributed by atoms with Crippen LogP contribution < -0.4 is 0 Å². The van der Waals surface area contributed by atoms with Gasteiger partial charge in [-0.3, -0.25) is 4.79 Å². The van der Waals surface area contributed by atoms with Crippen LogP contribution >= 0.6 is 11.3 Å². The first-order valence-corrected chi connectivity index (χ1v) is 4.86. The Morgan fingerprint density at radius 1 is 1.47 bits per heavy atom. The number of carboxylic acid groups (broad SMARTS) is 1. The van der Waals surface area contributed by atoms with E-state index in [0.29, 0.717) is 17.0 Å². The first kappa shape index (κ1) is 9.60. The zero-order chi connectivity index (χ0) is 10.8. The molecule has 0 unspecified atom stereocenters. The van der Waals surface area contributed by atoms with Crippen LogP contribution in [0.4, 0.5) is 0 Å². The van der Waals surface area contributed by atoms with Crippen molar-refractivity contribution < 1.29 is 14.7 Å². The summed E-state index contributed by atoms with van der Waals surface area (Å²) in [5.41, 5.74) is 0.320. The molecular formula is C9H6N2O3S. The Morgan fingerprint density at radius 2 is 2.27 bits per heavy atom. The molecule has 0 fully saturated rings.